The molecule has 110 valence electrons. The van der Waals surface area contributed by atoms with Crippen molar-refractivity contribution in [1.29, 1.82) is 0 Å². The van der Waals surface area contributed by atoms with E-state index in [1.807, 2.05) is 9.80 Å². The van der Waals surface area contributed by atoms with Crippen LogP contribution in [0.15, 0.2) is 0 Å². The van der Waals surface area contributed by atoms with Gasteiger partial charge in [-0.15, -0.1) is 0 Å². The molecule has 0 aliphatic carbocycles. The lowest BCUT2D eigenvalue weighted by molar-refractivity contribution is -0.133. The van der Waals surface area contributed by atoms with Gasteiger partial charge in [0.2, 0.25) is 11.8 Å². The van der Waals surface area contributed by atoms with Crippen molar-refractivity contribution in [3.63, 3.8) is 0 Å². The normalized spacial score (nSPS) is 18.9. The summed E-state index contributed by atoms with van der Waals surface area (Å²) in [7, 11) is 1.56. The van der Waals surface area contributed by atoms with E-state index in [-0.39, 0.29) is 24.5 Å². The molecule has 0 aromatic heterocycles. The number of rotatable bonds is 6. The highest BCUT2D eigenvalue weighted by Gasteiger charge is 2.21. The molecule has 1 fully saturated rings. The van der Waals surface area contributed by atoms with E-state index >= 15 is 0 Å². The molecule has 1 heterocycles. The Morgan fingerprint density at radius 2 is 2.00 bits per heavy atom. The Bertz CT molecular complexity index is 307. The molecule has 7 heteroatoms. The van der Waals surface area contributed by atoms with E-state index < -0.39 is 0 Å². The van der Waals surface area contributed by atoms with Crippen LogP contribution in [0.2, 0.25) is 0 Å². The zero-order valence-electron chi connectivity index (χ0n) is 11.5. The third-order valence-corrected chi connectivity index (χ3v) is 3.32. The van der Waals surface area contributed by atoms with Gasteiger partial charge in [-0.1, -0.05) is 0 Å². The van der Waals surface area contributed by atoms with Crippen LogP contribution in [0.25, 0.3) is 0 Å². The molecule has 1 aliphatic rings. The van der Waals surface area contributed by atoms with Gasteiger partial charge in [-0.05, 0) is 6.42 Å². The van der Waals surface area contributed by atoms with Crippen LogP contribution < -0.4 is 11.5 Å². The van der Waals surface area contributed by atoms with Gasteiger partial charge < -0.3 is 21.1 Å². The maximum absolute atomic E-state index is 12.1. The van der Waals surface area contributed by atoms with Gasteiger partial charge in [0.25, 0.3) is 0 Å². The summed E-state index contributed by atoms with van der Waals surface area (Å²) in [6, 6.07) is 0. The molecular weight excluding hydrogens is 248 g/mol. The zero-order valence-corrected chi connectivity index (χ0v) is 11.5. The van der Waals surface area contributed by atoms with Gasteiger partial charge in [-0.2, -0.15) is 0 Å². The second-order valence-electron chi connectivity index (χ2n) is 4.77. The Hall–Kier alpha value is -1.18. The molecular formula is C12H24N4O3. The number of methoxy groups -OCH3 is 1. The molecule has 1 saturated heterocycles. The number of hydrogen-bond acceptors (Lipinski definition) is 5. The molecule has 19 heavy (non-hydrogen) atoms. The number of amides is 2. The van der Waals surface area contributed by atoms with Gasteiger partial charge in [0.1, 0.15) is 0 Å². The van der Waals surface area contributed by atoms with Crippen LogP contribution in [0.5, 0.6) is 0 Å². The van der Waals surface area contributed by atoms with E-state index in [0.29, 0.717) is 32.6 Å². The molecule has 0 aromatic rings. The van der Waals surface area contributed by atoms with Gasteiger partial charge in [-0.3, -0.25) is 14.5 Å². The van der Waals surface area contributed by atoms with E-state index in [4.69, 9.17) is 16.2 Å². The highest BCUT2D eigenvalue weighted by Crippen LogP contribution is 2.07. The average Bonchev–Trinajstić information content (AvgIpc) is 2.60. The van der Waals surface area contributed by atoms with E-state index in [0.717, 1.165) is 13.0 Å². The molecule has 4 N–H and O–H groups in total. The molecule has 7 nitrogen and oxygen atoms in total. The fraction of sp³-hybridized carbons (Fsp3) is 0.833. The molecule has 0 spiro atoms. The number of carbonyl (C=O) groups is 2. The summed E-state index contributed by atoms with van der Waals surface area (Å²) in [5, 5.41) is 0. The standard InChI is InChI=1S/C12H24N4O3/c1-19-10(8-13)7-12(18)16-4-2-3-15(5-6-16)9-11(14)17/h10H,2-9,13H2,1H3,(H2,14,17). The van der Waals surface area contributed by atoms with E-state index in [1.54, 1.807) is 7.11 Å². The summed E-state index contributed by atoms with van der Waals surface area (Å²) < 4.78 is 5.12. The summed E-state index contributed by atoms with van der Waals surface area (Å²) >= 11 is 0. The second kappa shape index (κ2) is 8.08. The first-order chi connectivity index (χ1) is 9.06. The van der Waals surface area contributed by atoms with Crippen molar-refractivity contribution < 1.29 is 14.3 Å². The predicted octanol–water partition coefficient (Wildman–Crippen LogP) is -1.63. The Morgan fingerprint density at radius 3 is 2.58 bits per heavy atom. The number of primary amides is 1. The fourth-order valence-electron chi connectivity index (χ4n) is 2.19. The summed E-state index contributed by atoms with van der Waals surface area (Å²) in [6.45, 7) is 3.38. The highest BCUT2D eigenvalue weighted by atomic mass is 16.5. The van der Waals surface area contributed by atoms with Gasteiger partial charge in [-0.25, -0.2) is 0 Å². The van der Waals surface area contributed by atoms with Crippen molar-refractivity contribution in [2.75, 3.05) is 46.4 Å². The first-order valence-corrected chi connectivity index (χ1v) is 6.58. The molecule has 0 radical (unpaired) electrons. The third-order valence-electron chi connectivity index (χ3n) is 3.32. The number of hydrogen-bond donors (Lipinski definition) is 2. The topological polar surface area (TPSA) is 102 Å². The van der Waals surface area contributed by atoms with Gasteiger partial charge >= 0.3 is 0 Å². The van der Waals surface area contributed by atoms with E-state index in [9.17, 15) is 9.59 Å². The molecule has 1 rings (SSSR count). The SMILES string of the molecule is COC(CN)CC(=O)N1CCCN(CC(N)=O)CC1. The maximum Gasteiger partial charge on any atom is 0.231 e. The second-order valence-corrected chi connectivity index (χ2v) is 4.77. The van der Waals surface area contributed by atoms with Crippen molar-refractivity contribution in [3.8, 4) is 0 Å². The Morgan fingerprint density at radius 1 is 1.26 bits per heavy atom. The minimum atomic E-state index is -0.331. The van der Waals surface area contributed by atoms with Crippen LogP contribution in [-0.2, 0) is 14.3 Å². The van der Waals surface area contributed by atoms with Gasteiger partial charge in [0.05, 0.1) is 19.1 Å². The number of carbonyl (C=O) groups excluding carboxylic acids is 2. The van der Waals surface area contributed by atoms with Crippen LogP contribution in [0, 0.1) is 0 Å². The largest absolute Gasteiger partial charge is 0.380 e. The molecule has 1 aliphatic heterocycles. The first kappa shape index (κ1) is 15.9. The maximum atomic E-state index is 12.1. The minimum absolute atomic E-state index is 0.0539. The molecule has 2 amide bonds. The lowest BCUT2D eigenvalue weighted by Crippen LogP contribution is -2.39. The van der Waals surface area contributed by atoms with Crippen LogP contribution in [0.3, 0.4) is 0 Å². The summed E-state index contributed by atoms with van der Waals surface area (Å²) in [5.41, 5.74) is 10.7. The van der Waals surface area contributed by atoms with Crippen LogP contribution in [0.4, 0.5) is 0 Å². The predicted molar refractivity (Wildman–Crippen MR) is 71.3 cm³/mol. The van der Waals surface area contributed by atoms with Gasteiger partial charge in [0, 0.05) is 39.8 Å². The lowest BCUT2D eigenvalue weighted by atomic mass is 10.2. The average molecular weight is 272 g/mol. The molecule has 1 atom stereocenters. The Balaban J connectivity index is 2.43. The summed E-state index contributed by atoms with van der Waals surface area (Å²) in [6.07, 6.45) is 0.930. The Kier molecular flexibility index (Phi) is 6.75. The summed E-state index contributed by atoms with van der Waals surface area (Å²) in [4.78, 5) is 26.8. The molecule has 0 bridgehead atoms. The van der Waals surface area contributed by atoms with Gasteiger partial charge in [0.15, 0.2) is 0 Å². The van der Waals surface area contributed by atoms with Crippen LogP contribution in [0.1, 0.15) is 12.8 Å². The van der Waals surface area contributed by atoms with Crippen molar-refractivity contribution in [2.24, 2.45) is 11.5 Å². The van der Waals surface area contributed by atoms with Crippen LogP contribution in [-0.4, -0.2) is 74.1 Å². The van der Waals surface area contributed by atoms with Crippen molar-refractivity contribution >= 4 is 11.8 Å². The lowest BCUT2D eigenvalue weighted by Gasteiger charge is -2.23. The smallest absolute Gasteiger partial charge is 0.231 e. The first-order valence-electron chi connectivity index (χ1n) is 6.58. The van der Waals surface area contributed by atoms with Crippen LogP contribution >= 0.6 is 0 Å². The quantitative estimate of drug-likeness (QED) is 0.604. The van der Waals surface area contributed by atoms with E-state index in [2.05, 4.69) is 0 Å². The molecule has 0 aromatic carbocycles. The molecule has 1 unspecified atom stereocenters. The number of nitrogens with zero attached hydrogens (tertiary/aromatic N) is 2. The summed E-state index contributed by atoms with van der Waals surface area (Å²) in [5.74, 6) is -0.277. The minimum Gasteiger partial charge on any atom is -0.380 e. The zero-order chi connectivity index (χ0) is 14.3. The van der Waals surface area contributed by atoms with Crippen molar-refractivity contribution in [2.45, 2.75) is 18.9 Å². The monoisotopic (exact) mass is 272 g/mol. The third kappa shape index (κ3) is 5.54. The van der Waals surface area contributed by atoms with Crippen molar-refractivity contribution in [3.05, 3.63) is 0 Å². The Labute approximate surface area is 113 Å². The fourth-order valence-corrected chi connectivity index (χ4v) is 2.19. The van der Waals surface area contributed by atoms with Crippen molar-refractivity contribution in [1.82, 2.24) is 9.80 Å². The van der Waals surface area contributed by atoms with E-state index in [1.165, 1.54) is 0 Å². The number of nitrogens with two attached hydrogens (primary N) is 2. The number of ether oxygens (including phenoxy) is 1. The highest BCUT2D eigenvalue weighted by molar-refractivity contribution is 5.77. The molecule has 0 saturated carbocycles.